The van der Waals surface area contributed by atoms with Gasteiger partial charge in [-0.1, -0.05) is 28.9 Å². The van der Waals surface area contributed by atoms with E-state index in [0.29, 0.717) is 19.0 Å². The second kappa shape index (κ2) is 5.38. The summed E-state index contributed by atoms with van der Waals surface area (Å²) in [5.74, 6) is 0.389. The van der Waals surface area contributed by atoms with Gasteiger partial charge in [-0.25, -0.2) is 0 Å². The van der Waals surface area contributed by atoms with Gasteiger partial charge < -0.3 is 15.7 Å². The van der Waals surface area contributed by atoms with Crippen LogP contribution in [0, 0.1) is 5.92 Å². The highest BCUT2D eigenvalue weighted by Crippen LogP contribution is 2.30. The summed E-state index contributed by atoms with van der Waals surface area (Å²) in [5, 5.41) is 9.96. The maximum atomic E-state index is 9.96. The largest absolute Gasteiger partial charge is 0.391 e. The van der Waals surface area contributed by atoms with Crippen LogP contribution in [0.3, 0.4) is 0 Å². The first-order chi connectivity index (χ1) is 8.13. The molecule has 1 saturated heterocycles. The van der Waals surface area contributed by atoms with Crippen molar-refractivity contribution in [2.45, 2.75) is 26.0 Å². The number of β-amino-alcohol motifs (C(OH)–C–C–N with tert-alkyl or cyclic N) is 1. The van der Waals surface area contributed by atoms with Crippen molar-refractivity contribution in [2.24, 2.45) is 11.7 Å². The van der Waals surface area contributed by atoms with E-state index >= 15 is 0 Å². The standard InChI is InChI=1S/C13H19BrN2O/c1-9-5-6-16(8-13(9)17)12-4-2-3-11(14)10(12)7-15/h2-4,9,13,17H,5-8,15H2,1H3. The monoisotopic (exact) mass is 298 g/mol. The van der Waals surface area contributed by atoms with Crippen LogP contribution in [0.5, 0.6) is 0 Å². The van der Waals surface area contributed by atoms with E-state index in [1.807, 2.05) is 12.1 Å². The lowest BCUT2D eigenvalue weighted by Gasteiger charge is -2.37. The van der Waals surface area contributed by atoms with Crippen LogP contribution in [0.25, 0.3) is 0 Å². The summed E-state index contributed by atoms with van der Waals surface area (Å²) in [5.41, 5.74) is 8.07. The Bertz CT molecular complexity index is 397. The highest BCUT2D eigenvalue weighted by atomic mass is 79.9. The molecule has 94 valence electrons. The van der Waals surface area contributed by atoms with E-state index in [0.717, 1.165) is 28.7 Å². The molecule has 1 fully saturated rings. The number of aliphatic hydroxyl groups excluding tert-OH is 1. The Morgan fingerprint density at radius 1 is 1.53 bits per heavy atom. The molecule has 3 nitrogen and oxygen atoms in total. The molecule has 2 unspecified atom stereocenters. The molecule has 2 rings (SSSR count). The minimum atomic E-state index is -0.242. The van der Waals surface area contributed by atoms with Gasteiger partial charge in [0.15, 0.2) is 0 Å². The van der Waals surface area contributed by atoms with Gasteiger partial charge in [-0.3, -0.25) is 0 Å². The summed E-state index contributed by atoms with van der Waals surface area (Å²) in [4.78, 5) is 2.23. The lowest BCUT2D eigenvalue weighted by molar-refractivity contribution is 0.103. The number of halogens is 1. The van der Waals surface area contributed by atoms with Crippen molar-refractivity contribution in [2.75, 3.05) is 18.0 Å². The number of nitrogens with two attached hydrogens (primary N) is 1. The molecule has 4 heteroatoms. The molecule has 1 heterocycles. The highest BCUT2D eigenvalue weighted by molar-refractivity contribution is 9.10. The van der Waals surface area contributed by atoms with Gasteiger partial charge in [-0.2, -0.15) is 0 Å². The topological polar surface area (TPSA) is 49.5 Å². The zero-order chi connectivity index (χ0) is 12.4. The van der Waals surface area contributed by atoms with Gasteiger partial charge >= 0.3 is 0 Å². The van der Waals surface area contributed by atoms with Crippen LogP contribution < -0.4 is 10.6 Å². The van der Waals surface area contributed by atoms with E-state index < -0.39 is 0 Å². The van der Waals surface area contributed by atoms with Gasteiger partial charge in [0.25, 0.3) is 0 Å². The van der Waals surface area contributed by atoms with Crippen molar-refractivity contribution >= 4 is 21.6 Å². The predicted octanol–water partition coefficient (Wildman–Crippen LogP) is 2.11. The van der Waals surface area contributed by atoms with Gasteiger partial charge in [0, 0.05) is 35.4 Å². The third kappa shape index (κ3) is 2.64. The first kappa shape index (κ1) is 12.9. The zero-order valence-electron chi connectivity index (χ0n) is 10.1. The summed E-state index contributed by atoms with van der Waals surface area (Å²) in [6.45, 7) is 4.30. The van der Waals surface area contributed by atoms with Crippen LogP contribution in [-0.2, 0) is 6.54 Å². The molecule has 0 bridgehead atoms. The third-order valence-electron chi connectivity index (χ3n) is 3.56. The number of aliphatic hydroxyl groups is 1. The van der Waals surface area contributed by atoms with Gasteiger partial charge in [0.2, 0.25) is 0 Å². The average Bonchev–Trinajstić information content (AvgIpc) is 2.32. The molecule has 1 aromatic rings. The van der Waals surface area contributed by atoms with Crippen molar-refractivity contribution in [1.82, 2.24) is 0 Å². The van der Waals surface area contributed by atoms with Crippen LogP contribution in [0.1, 0.15) is 18.9 Å². The van der Waals surface area contributed by atoms with E-state index in [1.54, 1.807) is 0 Å². The van der Waals surface area contributed by atoms with Gasteiger partial charge in [0.1, 0.15) is 0 Å². The maximum absolute atomic E-state index is 9.96. The van der Waals surface area contributed by atoms with E-state index in [9.17, 15) is 5.11 Å². The summed E-state index contributed by atoms with van der Waals surface area (Å²) in [6, 6.07) is 6.10. The summed E-state index contributed by atoms with van der Waals surface area (Å²) in [7, 11) is 0. The molecule has 0 aromatic heterocycles. The maximum Gasteiger partial charge on any atom is 0.0741 e. The SMILES string of the molecule is CC1CCN(c2cccc(Br)c2CN)CC1O. The van der Waals surface area contributed by atoms with Crippen molar-refractivity contribution < 1.29 is 5.11 Å². The van der Waals surface area contributed by atoms with Crippen molar-refractivity contribution in [3.05, 3.63) is 28.2 Å². The molecule has 2 atom stereocenters. The van der Waals surface area contributed by atoms with Crippen LogP contribution in [0.15, 0.2) is 22.7 Å². The fourth-order valence-electron chi connectivity index (χ4n) is 2.31. The second-order valence-corrected chi connectivity index (χ2v) is 5.58. The molecule has 0 amide bonds. The van der Waals surface area contributed by atoms with Crippen molar-refractivity contribution in [3.8, 4) is 0 Å². The molecule has 0 aliphatic carbocycles. The lowest BCUT2D eigenvalue weighted by Crippen LogP contribution is -2.43. The first-order valence-corrected chi connectivity index (χ1v) is 6.83. The molecule has 1 aliphatic rings. The van der Waals surface area contributed by atoms with E-state index in [1.165, 1.54) is 0 Å². The molecule has 1 aliphatic heterocycles. The van der Waals surface area contributed by atoms with Crippen LogP contribution in [0.2, 0.25) is 0 Å². The Hall–Kier alpha value is -0.580. The normalized spacial score (nSPS) is 25.1. The molecular weight excluding hydrogens is 280 g/mol. The van der Waals surface area contributed by atoms with E-state index in [4.69, 9.17) is 5.73 Å². The Labute approximate surface area is 111 Å². The number of piperidine rings is 1. The van der Waals surface area contributed by atoms with Crippen molar-refractivity contribution in [1.29, 1.82) is 0 Å². The van der Waals surface area contributed by atoms with Gasteiger partial charge in [-0.15, -0.1) is 0 Å². The van der Waals surface area contributed by atoms with Crippen LogP contribution in [-0.4, -0.2) is 24.3 Å². The summed E-state index contributed by atoms with van der Waals surface area (Å²) in [6.07, 6.45) is 0.783. The molecule has 0 spiro atoms. The average molecular weight is 299 g/mol. The van der Waals surface area contributed by atoms with Crippen molar-refractivity contribution in [3.63, 3.8) is 0 Å². The molecule has 0 radical (unpaired) electrons. The highest BCUT2D eigenvalue weighted by Gasteiger charge is 2.25. The number of nitrogens with zero attached hydrogens (tertiary/aromatic N) is 1. The molecule has 1 aromatic carbocycles. The first-order valence-electron chi connectivity index (χ1n) is 6.04. The quantitative estimate of drug-likeness (QED) is 0.879. The minimum absolute atomic E-state index is 0.242. The van der Waals surface area contributed by atoms with E-state index in [2.05, 4.69) is 33.8 Å². The predicted molar refractivity (Wildman–Crippen MR) is 74.0 cm³/mol. The van der Waals surface area contributed by atoms with Gasteiger partial charge in [0.05, 0.1) is 6.10 Å². The van der Waals surface area contributed by atoms with Gasteiger partial charge in [-0.05, 0) is 24.5 Å². The molecule has 0 saturated carbocycles. The van der Waals surface area contributed by atoms with E-state index in [-0.39, 0.29) is 6.10 Å². The number of benzene rings is 1. The minimum Gasteiger partial charge on any atom is -0.391 e. The Morgan fingerprint density at radius 3 is 2.94 bits per heavy atom. The number of rotatable bonds is 2. The second-order valence-electron chi connectivity index (χ2n) is 4.72. The Balaban J connectivity index is 2.25. The number of anilines is 1. The fourth-order valence-corrected chi connectivity index (χ4v) is 2.83. The summed E-state index contributed by atoms with van der Waals surface area (Å²) < 4.78 is 1.05. The Kier molecular flexibility index (Phi) is 4.07. The Morgan fingerprint density at radius 2 is 2.29 bits per heavy atom. The lowest BCUT2D eigenvalue weighted by atomic mass is 9.95. The molecule has 17 heavy (non-hydrogen) atoms. The number of hydrogen-bond acceptors (Lipinski definition) is 3. The van der Waals surface area contributed by atoms with Crippen LogP contribution >= 0.6 is 15.9 Å². The summed E-state index contributed by atoms with van der Waals surface area (Å²) >= 11 is 3.53. The smallest absolute Gasteiger partial charge is 0.0741 e. The fraction of sp³-hybridized carbons (Fsp3) is 0.538. The molecular formula is C13H19BrN2O. The third-order valence-corrected chi connectivity index (χ3v) is 4.30. The number of hydrogen-bond donors (Lipinski definition) is 2. The zero-order valence-corrected chi connectivity index (χ0v) is 11.7. The molecule has 3 N–H and O–H groups in total. The van der Waals surface area contributed by atoms with Crippen LogP contribution in [0.4, 0.5) is 5.69 Å².